The van der Waals surface area contributed by atoms with Crippen molar-refractivity contribution in [2.24, 2.45) is 4.99 Å². The Morgan fingerprint density at radius 1 is 1.53 bits per heavy atom. The zero-order valence-electron chi connectivity index (χ0n) is 10.9. The Morgan fingerprint density at radius 3 is 2.88 bits per heavy atom. The minimum absolute atomic E-state index is 0.371. The van der Waals surface area contributed by atoms with Gasteiger partial charge >= 0.3 is 6.09 Å². The van der Waals surface area contributed by atoms with Gasteiger partial charge in [0, 0.05) is 25.9 Å². The summed E-state index contributed by atoms with van der Waals surface area (Å²) in [5.41, 5.74) is -0.444. The molecule has 0 aliphatic carbocycles. The molecule has 5 nitrogen and oxygen atoms in total. The van der Waals surface area contributed by atoms with Gasteiger partial charge in [0.1, 0.15) is 5.60 Å². The van der Waals surface area contributed by atoms with Crippen molar-refractivity contribution >= 4 is 12.0 Å². The van der Waals surface area contributed by atoms with Crippen LogP contribution in [0.1, 0.15) is 40.0 Å². The smallest absolute Gasteiger partial charge is 0.407 e. The van der Waals surface area contributed by atoms with Crippen molar-refractivity contribution < 1.29 is 14.3 Å². The highest BCUT2D eigenvalue weighted by atomic mass is 16.6. The second-order valence-corrected chi connectivity index (χ2v) is 5.01. The average molecular weight is 242 g/mol. The van der Waals surface area contributed by atoms with Crippen LogP contribution in [0, 0.1) is 0 Å². The van der Waals surface area contributed by atoms with Crippen LogP contribution in [0.2, 0.25) is 0 Å². The van der Waals surface area contributed by atoms with E-state index in [1.54, 1.807) is 0 Å². The summed E-state index contributed by atoms with van der Waals surface area (Å²) >= 11 is 0. The number of hydrogen-bond donors (Lipinski definition) is 1. The first kappa shape index (κ1) is 13.8. The van der Waals surface area contributed by atoms with Gasteiger partial charge in [0.15, 0.2) is 5.90 Å². The summed E-state index contributed by atoms with van der Waals surface area (Å²) in [5, 5.41) is 2.71. The van der Waals surface area contributed by atoms with Crippen molar-refractivity contribution in [2.75, 3.05) is 19.7 Å². The van der Waals surface area contributed by atoms with Gasteiger partial charge in [-0.15, -0.1) is 0 Å². The van der Waals surface area contributed by atoms with E-state index in [2.05, 4.69) is 10.3 Å². The van der Waals surface area contributed by atoms with Gasteiger partial charge in [-0.05, 0) is 27.2 Å². The molecule has 17 heavy (non-hydrogen) atoms. The number of nitrogens with one attached hydrogen (secondary N) is 1. The van der Waals surface area contributed by atoms with E-state index in [1.807, 2.05) is 20.8 Å². The van der Waals surface area contributed by atoms with Crippen LogP contribution in [-0.4, -0.2) is 37.3 Å². The summed E-state index contributed by atoms with van der Waals surface area (Å²) in [5.74, 6) is 0.808. The van der Waals surface area contributed by atoms with Crippen LogP contribution in [0.25, 0.3) is 0 Å². The van der Waals surface area contributed by atoms with Gasteiger partial charge in [0.25, 0.3) is 0 Å². The predicted molar refractivity (Wildman–Crippen MR) is 66.3 cm³/mol. The maximum Gasteiger partial charge on any atom is 0.407 e. The third kappa shape index (κ3) is 6.81. The van der Waals surface area contributed by atoms with E-state index in [0.29, 0.717) is 6.54 Å². The molecule has 0 aromatic heterocycles. The maximum absolute atomic E-state index is 11.3. The normalized spacial score (nSPS) is 15.8. The zero-order chi connectivity index (χ0) is 12.7. The van der Waals surface area contributed by atoms with Gasteiger partial charge in [0.05, 0.1) is 6.61 Å². The molecular weight excluding hydrogens is 220 g/mol. The fourth-order valence-corrected chi connectivity index (χ4v) is 1.40. The van der Waals surface area contributed by atoms with Gasteiger partial charge < -0.3 is 14.8 Å². The minimum Gasteiger partial charge on any atom is -0.481 e. The molecule has 0 saturated carbocycles. The number of nitrogens with zero attached hydrogens (tertiary/aromatic N) is 1. The number of carbonyl (C=O) groups is 1. The number of aliphatic imine (C=N–C) groups is 1. The Hall–Kier alpha value is -1.26. The molecule has 1 N–H and O–H groups in total. The molecule has 0 saturated heterocycles. The van der Waals surface area contributed by atoms with Crippen LogP contribution >= 0.6 is 0 Å². The molecule has 1 heterocycles. The van der Waals surface area contributed by atoms with Crippen LogP contribution in [0.3, 0.4) is 0 Å². The number of alkyl carbamates (subject to hydrolysis) is 1. The molecular formula is C12H22N2O3. The van der Waals surface area contributed by atoms with Crippen molar-refractivity contribution in [2.45, 2.75) is 45.6 Å². The summed E-state index contributed by atoms with van der Waals surface area (Å²) in [4.78, 5) is 15.6. The van der Waals surface area contributed by atoms with E-state index in [4.69, 9.17) is 9.47 Å². The van der Waals surface area contributed by atoms with Gasteiger partial charge in [-0.1, -0.05) is 0 Å². The molecule has 0 fully saturated rings. The van der Waals surface area contributed by atoms with Crippen LogP contribution in [0.15, 0.2) is 4.99 Å². The first-order chi connectivity index (χ1) is 7.97. The van der Waals surface area contributed by atoms with E-state index < -0.39 is 5.60 Å². The Bertz CT molecular complexity index is 282. The standard InChI is InChI=1S/C12H22N2O3/c1-12(2,3)17-11(15)14-7-4-6-10-13-8-5-9-16-10/h4-9H2,1-3H3,(H,14,15). The molecule has 0 bridgehead atoms. The second-order valence-electron chi connectivity index (χ2n) is 5.01. The van der Waals surface area contributed by atoms with E-state index in [-0.39, 0.29) is 6.09 Å². The molecule has 0 spiro atoms. The lowest BCUT2D eigenvalue weighted by Crippen LogP contribution is -2.33. The third-order valence-corrected chi connectivity index (χ3v) is 2.09. The highest BCUT2D eigenvalue weighted by Gasteiger charge is 2.15. The van der Waals surface area contributed by atoms with Crippen molar-refractivity contribution in [1.29, 1.82) is 0 Å². The molecule has 0 atom stereocenters. The number of amides is 1. The molecule has 0 radical (unpaired) electrons. The lowest BCUT2D eigenvalue weighted by molar-refractivity contribution is 0.0527. The molecule has 1 aliphatic heterocycles. The predicted octanol–water partition coefficient (Wildman–Crippen LogP) is 2.11. The van der Waals surface area contributed by atoms with Crippen molar-refractivity contribution in [3.63, 3.8) is 0 Å². The fraction of sp³-hybridized carbons (Fsp3) is 0.833. The maximum atomic E-state index is 11.3. The largest absolute Gasteiger partial charge is 0.481 e. The van der Waals surface area contributed by atoms with Crippen LogP contribution in [0.4, 0.5) is 4.79 Å². The third-order valence-electron chi connectivity index (χ3n) is 2.09. The van der Waals surface area contributed by atoms with E-state index in [9.17, 15) is 4.79 Å². The van der Waals surface area contributed by atoms with Gasteiger partial charge in [-0.2, -0.15) is 0 Å². The Morgan fingerprint density at radius 2 is 2.29 bits per heavy atom. The lowest BCUT2D eigenvalue weighted by Gasteiger charge is -2.19. The van der Waals surface area contributed by atoms with Gasteiger partial charge in [-0.25, -0.2) is 4.79 Å². The number of ether oxygens (including phenoxy) is 2. The minimum atomic E-state index is -0.444. The average Bonchev–Trinajstić information content (AvgIpc) is 2.23. The van der Waals surface area contributed by atoms with Crippen molar-refractivity contribution in [1.82, 2.24) is 5.32 Å². The summed E-state index contributed by atoms with van der Waals surface area (Å²) in [6, 6.07) is 0. The highest BCUT2D eigenvalue weighted by Crippen LogP contribution is 2.06. The number of rotatable bonds is 4. The quantitative estimate of drug-likeness (QED) is 0.768. The van der Waals surface area contributed by atoms with Crippen LogP contribution in [-0.2, 0) is 9.47 Å². The summed E-state index contributed by atoms with van der Waals surface area (Å²) < 4.78 is 10.5. The fourth-order valence-electron chi connectivity index (χ4n) is 1.40. The molecule has 1 amide bonds. The number of hydrogen-bond acceptors (Lipinski definition) is 4. The molecule has 0 unspecified atom stereocenters. The van der Waals surface area contributed by atoms with Gasteiger partial charge in [-0.3, -0.25) is 4.99 Å². The van der Waals surface area contributed by atoms with Crippen molar-refractivity contribution in [3.8, 4) is 0 Å². The first-order valence-corrected chi connectivity index (χ1v) is 6.10. The Labute approximate surface area is 103 Å². The zero-order valence-corrected chi connectivity index (χ0v) is 10.9. The molecule has 1 aliphatic rings. The molecule has 0 aromatic carbocycles. The van der Waals surface area contributed by atoms with Gasteiger partial charge in [0.2, 0.25) is 0 Å². The molecule has 5 heteroatoms. The van der Waals surface area contributed by atoms with Crippen molar-refractivity contribution in [3.05, 3.63) is 0 Å². The molecule has 0 aromatic rings. The number of carbonyl (C=O) groups excluding carboxylic acids is 1. The Kier molecular flexibility index (Phi) is 5.25. The van der Waals surface area contributed by atoms with Crippen LogP contribution in [0.5, 0.6) is 0 Å². The second kappa shape index (κ2) is 6.47. The summed E-state index contributed by atoms with van der Waals surface area (Å²) in [6.07, 6.45) is 2.22. The SMILES string of the molecule is CC(C)(C)OC(=O)NCCCC1=NCCCO1. The van der Waals surface area contributed by atoms with E-state index in [1.165, 1.54) is 0 Å². The van der Waals surface area contributed by atoms with E-state index >= 15 is 0 Å². The summed E-state index contributed by atoms with van der Waals surface area (Å²) in [6.45, 7) is 7.73. The topological polar surface area (TPSA) is 59.9 Å². The summed E-state index contributed by atoms with van der Waals surface area (Å²) in [7, 11) is 0. The molecule has 1 rings (SSSR count). The van der Waals surface area contributed by atoms with Crippen LogP contribution < -0.4 is 5.32 Å². The van der Waals surface area contributed by atoms with E-state index in [0.717, 1.165) is 38.3 Å². The monoisotopic (exact) mass is 242 g/mol. The lowest BCUT2D eigenvalue weighted by atomic mass is 10.2. The first-order valence-electron chi connectivity index (χ1n) is 6.10. The highest BCUT2D eigenvalue weighted by molar-refractivity contribution is 5.76. The molecule has 98 valence electrons. The Balaban J connectivity index is 2.07.